The summed E-state index contributed by atoms with van der Waals surface area (Å²) in [5.41, 5.74) is 1.84. The lowest BCUT2D eigenvalue weighted by atomic mass is 10.1. The highest BCUT2D eigenvalue weighted by Crippen LogP contribution is 2.07. The fraction of sp³-hybridized carbons (Fsp3) is 0.182. The van der Waals surface area contributed by atoms with Crippen LogP contribution in [0.4, 0.5) is 0 Å². The Labute approximate surface area is 72.7 Å². The van der Waals surface area contributed by atoms with Crippen LogP contribution >= 0.6 is 0 Å². The third kappa shape index (κ3) is 2.06. The Morgan fingerprint density at radius 2 is 2.17 bits per heavy atom. The van der Waals surface area contributed by atoms with E-state index < -0.39 is 0 Å². The molecule has 0 radical (unpaired) electrons. The Morgan fingerprint density at radius 3 is 2.75 bits per heavy atom. The standard InChI is InChI=1S/C11H12O/c1-3-5-10-6-4-7-11(8-10)9(2)12/h3-8H,1-2H3/b5-3+. The van der Waals surface area contributed by atoms with Gasteiger partial charge in [-0.05, 0) is 25.5 Å². The van der Waals surface area contributed by atoms with Crippen LogP contribution in [0, 0.1) is 0 Å². The zero-order valence-corrected chi connectivity index (χ0v) is 7.37. The molecule has 1 nitrogen and oxygen atoms in total. The molecule has 1 heteroatoms. The summed E-state index contributed by atoms with van der Waals surface area (Å²) in [6.07, 6.45) is 3.94. The number of allylic oxidation sites excluding steroid dienone is 1. The molecule has 0 spiro atoms. The average molecular weight is 160 g/mol. The summed E-state index contributed by atoms with van der Waals surface area (Å²) in [5.74, 6) is 0.112. The van der Waals surface area contributed by atoms with Crippen LogP contribution < -0.4 is 0 Å². The van der Waals surface area contributed by atoms with E-state index in [9.17, 15) is 4.79 Å². The van der Waals surface area contributed by atoms with Crippen LogP contribution in [0.1, 0.15) is 29.8 Å². The molecule has 12 heavy (non-hydrogen) atoms. The zero-order chi connectivity index (χ0) is 8.97. The summed E-state index contributed by atoms with van der Waals surface area (Å²) in [6.45, 7) is 3.54. The van der Waals surface area contributed by atoms with Crippen LogP contribution in [-0.2, 0) is 0 Å². The van der Waals surface area contributed by atoms with E-state index in [0.29, 0.717) is 0 Å². The third-order valence-electron chi connectivity index (χ3n) is 1.65. The van der Waals surface area contributed by atoms with Crippen LogP contribution in [0.5, 0.6) is 0 Å². The van der Waals surface area contributed by atoms with Gasteiger partial charge in [-0.3, -0.25) is 4.79 Å². The average Bonchev–Trinajstić information content (AvgIpc) is 2.05. The van der Waals surface area contributed by atoms with E-state index in [4.69, 9.17) is 0 Å². The lowest BCUT2D eigenvalue weighted by Crippen LogP contribution is -1.90. The summed E-state index contributed by atoms with van der Waals surface area (Å²) >= 11 is 0. The number of hydrogen-bond donors (Lipinski definition) is 0. The van der Waals surface area contributed by atoms with Crippen LogP contribution in [0.15, 0.2) is 30.3 Å². The molecule has 62 valence electrons. The van der Waals surface area contributed by atoms with E-state index in [1.54, 1.807) is 6.92 Å². The summed E-state index contributed by atoms with van der Waals surface area (Å²) in [7, 11) is 0. The van der Waals surface area contributed by atoms with Crippen molar-refractivity contribution in [1.82, 2.24) is 0 Å². The normalized spacial score (nSPS) is 10.5. The van der Waals surface area contributed by atoms with Gasteiger partial charge in [0, 0.05) is 5.56 Å². The molecule has 0 aliphatic carbocycles. The van der Waals surface area contributed by atoms with Crippen LogP contribution in [0.25, 0.3) is 6.08 Å². The number of carbonyl (C=O) groups is 1. The Balaban J connectivity index is 3.03. The first-order chi connectivity index (χ1) is 5.74. The molecule has 0 heterocycles. The highest BCUT2D eigenvalue weighted by Gasteiger charge is 1.97. The van der Waals surface area contributed by atoms with Crippen molar-refractivity contribution in [3.63, 3.8) is 0 Å². The van der Waals surface area contributed by atoms with Crippen LogP contribution in [0.2, 0.25) is 0 Å². The fourth-order valence-electron chi connectivity index (χ4n) is 1.05. The smallest absolute Gasteiger partial charge is 0.159 e. The summed E-state index contributed by atoms with van der Waals surface area (Å²) < 4.78 is 0. The van der Waals surface area contributed by atoms with E-state index in [0.717, 1.165) is 11.1 Å². The first-order valence-electron chi connectivity index (χ1n) is 3.97. The maximum atomic E-state index is 11.0. The largest absolute Gasteiger partial charge is 0.295 e. The quantitative estimate of drug-likeness (QED) is 0.608. The number of ketones is 1. The fourth-order valence-corrected chi connectivity index (χ4v) is 1.05. The van der Waals surface area contributed by atoms with Gasteiger partial charge in [-0.1, -0.05) is 30.4 Å². The minimum absolute atomic E-state index is 0.112. The van der Waals surface area contributed by atoms with Crippen molar-refractivity contribution in [3.05, 3.63) is 41.5 Å². The zero-order valence-electron chi connectivity index (χ0n) is 7.37. The Bertz CT molecular complexity index is 311. The number of benzene rings is 1. The minimum atomic E-state index is 0.112. The van der Waals surface area contributed by atoms with Gasteiger partial charge in [0.1, 0.15) is 0 Å². The van der Waals surface area contributed by atoms with Crippen molar-refractivity contribution >= 4 is 11.9 Å². The van der Waals surface area contributed by atoms with Gasteiger partial charge in [0.2, 0.25) is 0 Å². The molecule has 1 rings (SSSR count). The Hall–Kier alpha value is -1.37. The second-order valence-electron chi connectivity index (χ2n) is 2.68. The van der Waals surface area contributed by atoms with E-state index >= 15 is 0 Å². The lowest BCUT2D eigenvalue weighted by molar-refractivity contribution is 0.101. The number of Topliss-reactive ketones (excluding diaryl/α,β-unsaturated/α-hetero) is 1. The monoisotopic (exact) mass is 160 g/mol. The summed E-state index contributed by atoms with van der Waals surface area (Å²) in [6, 6.07) is 7.59. The molecular weight excluding hydrogens is 148 g/mol. The number of carbonyl (C=O) groups excluding carboxylic acids is 1. The van der Waals surface area contributed by atoms with Gasteiger partial charge in [0.15, 0.2) is 5.78 Å². The van der Waals surface area contributed by atoms with E-state index in [1.165, 1.54) is 0 Å². The molecule has 0 aromatic heterocycles. The van der Waals surface area contributed by atoms with Crippen LogP contribution in [-0.4, -0.2) is 5.78 Å². The topological polar surface area (TPSA) is 17.1 Å². The van der Waals surface area contributed by atoms with Crippen LogP contribution in [0.3, 0.4) is 0 Å². The number of rotatable bonds is 2. The van der Waals surface area contributed by atoms with Crippen molar-refractivity contribution in [3.8, 4) is 0 Å². The van der Waals surface area contributed by atoms with Crippen molar-refractivity contribution in [1.29, 1.82) is 0 Å². The molecule has 0 amide bonds. The second kappa shape index (κ2) is 3.86. The Kier molecular flexibility index (Phi) is 2.81. The number of hydrogen-bond acceptors (Lipinski definition) is 1. The molecular formula is C11H12O. The van der Waals surface area contributed by atoms with Crippen molar-refractivity contribution in [2.45, 2.75) is 13.8 Å². The first-order valence-corrected chi connectivity index (χ1v) is 3.97. The summed E-state index contributed by atoms with van der Waals surface area (Å²) in [4.78, 5) is 11.0. The highest BCUT2D eigenvalue weighted by molar-refractivity contribution is 5.94. The highest BCUT2D eigenvalue weighted by atomic mass is 16.1. The lowest BCUT2D eigenvalue weighted by Gasteiger charge is -1.96. The van der Waals surface area contributed by atoms with Gasteiger partial charge in [0.05, 0.1) is 0 Å². The van der Waals surface area contributed by atoms with Gasteiger partial charge in [-0.25, -0.2) is 0 Å². The first kappa shape index (κ1) is 8.72. The maximum Gasteiger partial charge on any atom is 0.159 e. The maximum absolute atomic E-state index is 11.0. The molecule has 0 saturated carbocycles. The third-order valence-corrected chi connectivity index (χ3v) is 1.65. The molecule has 0 unspecified atom stereocenters. The van der Waals surface area contributed by atoms with Crippen molar-refractivity contribution in [2.75, 3.05) is 0 Å². The molecule has 0 aliphatic heterocycles. The molecule has 0 atom stereocenters. The molecule has 1 aromatic carbocycles. The summed E-state index contributed by atoms with van der Waals surface area (Å²) in [5, 5.41) is 0. The molecule has 1 aromatic rings. The van der Waals surface area contributed by atoms with Gasteiger partial charge < -0.3 is 0 Å². The predicted molar refractivity (Wildman–Crippen MR) is 51.2 cm³/mol. The SMILES string of the molecule is C/C=C/c1cccc(C(C)=O)c1. The predicted octanol–water partition coefficient (Wildman–Crippen LogP) is 2.92. The molecule has 0 fully saturated rings. The van der Waals surface area contributed by atoms with Gasteiger partial charge in [0.25, 0.3) is 0 Å². The molecule has 0 saturated heterocycles. The van der Waals surface area contributed by atoms with Crippen molar-refractivity contribution < 1.29 is 4.79 Å². The van der Waals surface area contributed by atoms with Gasteiger partial charge >= 0.3 is 0 Å². The van der Waals surface area contributed by atoms with Crippen molar-refractivity contribution in [2.24, 2.45) is 0 Å². The molecule has 0 aliphatic rings. The minimum Gasteiger partial charge on any atom is -0.295 e. The van der Waals surface area contributed by atoms with E-state index in [-0.39, 0.29) is 5.78 Å². The van der Waals surface area contributed by atoms with E-state index in [1.807, 2.05) is 43.3 Å². The van der Waals surface area contributed by atoms with Gasteiger partial charge in [-0.2, -0.15) is 0 Å². The van der Waals surface area contributed by atoms with E-state index in [2.05, 4.69) is 0 Å². The molecule has 0 N–H and O–H groups in total. The Morgan fingerprint density at radius 1 is 1.42 bits per heavy atom. The van der Waals surface area contributed by atoms with Gasteiger partial charge in [-0.15, -0.1) is 0 Å². The second-order valence-corrected chi connectivity index (χ2v) is 2.68. The molecule has 0 bridgehead atoms.